The van der Waals surface area contributed by atoms with Gasteiger partial charge in [-0.05, 0) is 43.9 Å². The Morgan fingerprint density at radius 3 is 2.43 bits per heavy atom. The maximum Gasteiger partial charge on any atom is 0.312 e. The number of hydrogen-bond acceptors (Lipinski definition) is 3. The Bertz CT molecular complexity index is 478. The average Bonchev–Trinajstić information content (AvgIpc) is 2.44. The third-order valence-electron chi connectivity index (χ3n) is 4.32. The number of ether oxygens (including phenoxy) is 1. The second-order valence-electron chi connectivity index (χ2n) is 5.59. The van der Waals surface area contributed by atoms with Crippen LogP contribution in [0.4, 0.5) is 0 Å². The molecule has 0 heterocycles. The lowest BCUT2D eigenvalue weighted by molar-refractivity contribution is -0.158. The number of carboxylic acid groups (broad SMARTS) is 1. The first kappa shape index (κ1) is 17.5. The minimum Gasteiger partial charge on any atom is -0.493 e. The highest BCUT2D eigenvalue weighted by molar-refractivity contribution is 5.75. The highest BCUT2D eigenvalue weighted by Gasteiger charge is 2.41. The molecule has 0 spiro atoms. The van der Waals surface area contributed by atoms with E-state index in [0.717, 1.165) is 16.9 Å². The molecule has 1 atom stereocenters. The predicted octanol–water partition coefficient (Wildman–Crippen LogP) is 3.32. The van der Waals surface area contributed by atoms with E-state index in [9.17, 15) is 15.0 Å². The van der Waals surface area contributed by atoms with Crippen LogP contribution in [0.3, 0.4) is 0 Å². The van der Waals surface area contributed by atoms with Crippen molar-refractivity contribution in [2.75, 3.05) is 6.61 Å². The van der Waals surface area contributed by atoms with Crippen LogP contribution in [0.25, 0.3) is 0 Å². The van der Waals surface area contributed by atoms with E-state index < -0.39 is 17.5 Å². The quantitative estimate of drug-likeness (QED) is 0.772. The van der Waals surface area contributed by atoms with E-state index >= 15 is 0 Å². The molecule has 1 aromatic carbocycles. The van der Waals surface area contributed by atoms with E-state index in [1.807, 2.05) is 32.0 Å². The van der Waals surface area contributed by atoms with Crippen molar-refractivity contribution in [1.29, 1.82) is 0 Å². The number of hydrogen-bond donors (Lipinski definition) is 2. The number of aliphatic hydroxyl groups is 1. The lowest BCUT2D eigenvalue weighted by atomic mass is 9.76. The molecule has 0 aliphatic carbocycles. The van der Waals surface area contributed by atoms with Gasteiger partial charge in [-0.25, -0.2) is 0 Å². The second-order valence-corrected chi connectivity index (χ2v) is 5.59. The van der Waals surface area contributed by atoms with Gasteiger partial charge in [-0.15, -0.1) is 0 Å². The predicted molar refractivity (Wildman–Crippen MR) is 82.7 cm³/mol. The monoisotopic (exact) mass is 294 g/mol. The zero-order valence-electron chi connectivity index (χ0n) is 13.3. The van der Waals surface area contributed by atoms with Crippen LogP contribution in [0, 0.1) is 19.3 Å². The molecule has 0 aliphatic heterocycles. The molecule has 1 aromatic rings. The number of rotatable bonds is 8. The van der Waals surface area contributed by atoms with Crippen molar-refractivity contribution < 1.29 is 19.7 Å². The number of aryl methyl sites for hydroxylation is 2. The van der Waals surface area contributed by atoms with Crippen molar-refractivity contribution >= 4 is 5.97 Å². The minimum absolute atomic E-state index is 0.306. The average molecular weight is 294 g/mol. The fourth-order valence-electron chi connectivity index (χ4n) is 2.59. The van der Waals surface area contributed by atoms with Crippen LogP contribution in [-0.2, 0) is 4.79 Å². The molecule has 21 heavy (non-hydrogen) atoms. The number of carbonyl (C=O) groups is 1. The van der Waals surface area contributed by atoms with Gasteiger partial charge in [-0.1, -0.05) is 26.0 Å². The Kier molecular flexibility index (Phi) is 6.21. The van der Waals surface area contributed by atoms with Gasteiger partial charge in [0.15, 0.2) is 0 Å². The van der Waals surface area contributed by atoms with Crippen LogP contribution in [0.1, 0.15) is 44.2 Å². The smallest absolute Gasteiger partial charge is 0.312 e. The highest BCUT2D eigenvalue weighted by Crippen LogP contribution is 2.33. The van der Waals surface area contributed by atoms with E-state index in [0.29, 0.717) is 25.9 Å². The summed E-state index contributed by atoms with van der Waals surface area (Å²) in [7, 11) is 0. The summed E-state index contributed by atoms with van der Waals surface area (Å²) in [4.78, 5) is 11.5. The Balaban J connectivity index is 2.66. The topological polar surface area (TPSA) is 66.8 Å². The molecule has 1 unspecified atom stereocenters. The number of benzene rings is 1. The van der Waals surface area contributed by atoms with E-state index in [1.165, 1.54) is 0 Å². The molecule has 0 amide bonds. The lowest BCUT2D eigenvalue weighted by Crippen LogP contribution is -2.42. The molecule has 0 aromatic heterocycles. The van der Waals surface area contributed by atoms with Crippen molar-refractivity contribution in [3.05, 3.63) is 29.3 Å². The van der Waals surface area contributed by atoms with Gasteiger partial charge in [0.25, 0.3) is 0 Å². The molecule has 0 saturated carbocycles. The number of carboxylic acids is 1. The van der Waals surface area contributed by atoms with E-state index in [-0.39, 0.29) is 0 Å². The fraction of sp³-hybridized carbons (Fsp3) is 0.588. The zero-order valence-corrected chi connectivity index (χ0v) is 13.3. The summed E-state index contributed by atoms with van der Waals surface area (Å²) in [6.45, 7) is 7.86. The van der Waals surface area contributed by atoms with Gasteiger partial charge in [0.05, 0.1) is 18.1 Å². The summed E-state index contributed by atoms with van der Waals surface area (Å²) in [6, 6.07) is 5.95. The maximum absolute atomic E-state index is 11.5. The van der Waals surface area contributed by atoms with Gasteiger partial charge in [-0.2, -0.15) is 0 Å². The van der Waals surface area contributed by atoms with Crippen molar-refractivity contribution in [2.45, 2.75) is 53.1 Å². The third-order valence-corrected chi connectivity index (χ3v) is 4.32. The molecule has 0 saturated heterocycles. The van der Waals surface area contributed by atoms with Crippen molar-refractivity contribution in [1.82, 2.24) is 0 Å². The summed E-state index contributed by atoms with van der Waals surface area (Å²) in [5.74, 6) is -0.150. The van der Waals surface area contributed by atoms with Crippen LogP contribution < -0.4 is 4.74 Å². The summed E-state index contributed by atoms with van der Waals surface area (Å²) in [6.07, 6.45) is 0.212. The number of aliphatic carboxylic acids is 1. The van der Waals surface area contributed by atoms with Crippen LogP contribution in [-0.4, -0.2) is 28.9 Å². The van der Waals surface area contributed by atoms with Gasteiger partial charge < -0.3 is 14.9 Å². The van der Waals surface area contributed by atoms with E-state index in [4.69, 9.17) is 4.74 Å². The molecular formula is C17H26O4. The first-order chi connectivity index (χ1) is 9.87. The molecule has 118 valence electrons. The summed E-state index contributed by atoms with van der Waals surface area (Å²) < 4.78 is 5.70. The Morgan fingerprint density at radius 1 is 1.29 bits per heavy atom. The molecule has 0 aliphatic rings. The van der Waals surface area contributed by atoms with Crippen LogP contribution in [0.5, 0.6) is 5.75 Å². The number of aliphatic hydroxyl groups excluding tert-OH is 1. The van der Waals surface area contributed by atoms with Crippen LogP contribution >= 0.6 is 0 Å². The lowest BCUT2D eigenvalue weighted by Gasteiger charge is -2.32. The molecule has 4 heteroatoms. The molecule has 0 fully saturated rings. The van der Waals surface area contributed by atoms with Crippen LogP contribution in [0.2, 0.25) is 0 Å². The van der Waals surface area contributed by atoms with Gasteiger partial charge in [0.2, 0.25) is 0 Å². The van der Waals surface area contributed by atoms with Crippen molar-refractivity contribution in [3.8, 4) is 5.75 Å². The molecule has 0 bridgehead atoms. The minimum atomic E-state index is -1.08. The Morgan fingerprint density at radius 2 is 1.90 bits per heavy atom. The molecule has 4 nitrogen and oxygen atoms in total. The van der Waals surface area contributed by atoms with Gasteiger partial charge in [0.1, 0.15) is 5.75 Å². The SMILES string of the molecule is CCC(CC)(C(=O)O)C(O)CCOc1cc(C)ccc1C. The summed E-state index contributed by atoms with van der Waals surface area (Å²) in [5.41, 5.74) is 1.06. The van der Waals surface area contributed by atoms with Gasteiger partial charge in [0, 0.05) is 6.42 Å². The third kappa shape index (κ3) is 3.97. The molecule has 1 rings (SSSR count). The normalized spacial score (nSPS) is 13.0. The zero-order chi connectivity index (χ0) is 16.0. The van der Waals surface area contributed by atoms with Gasteiger partial charge >= 0.3 is 5.97 Å². The second kappa shape index (κ2) is 7.46. The first-order valence-electron chi connectivity index (χ1n) is 7.49. The highest BCUT2D eigenvalue weighted by atomic mass is 16.5. The summed E-state index contributed by atoms with van der Waals surface area (Å²) >= 11 is 0. The Hall–Kier alpha value is -1.55. The van der Waals surface area contributed by atoms with E-state index in [1.54, 1.807) is 13.8 Å². The maximum atomic E-state index is 11.5. The van der Waals surface area contributed by atoms with Crippen molar-refractivity contribution in [3.63, 3.8) is 0 Å². The Labute approximate surface area is 126 Å². The standard InChI is InChI=1S/C17H26O4/c1-5-17(6-2,16(19)20)15(18)9-10-21-14-11-12(3)7-8-13(14)4/h7-8,11,15,18H,5-6,9-10H2,1-4H3,(H,19,20). The summed E-state index contributed by atoms with van der Waals surface area (Å²) in [5, 5.41) is 19.7. The molecule has 0 radical (unpaired) electrons. The van der Waals surface area contributed by atoms with Crippen molar-refractivity contribution in [2.24, 2.45) is 5.41 Å². The van der Waals surface area contributed by atoms with Crippen LogP contribution in [0.15, 0.2) is 18.2 Å². The van der Waals surface area contributed by atoms with E-state index in [2.05, 4.69) is 0 Å². The largest absolute Gasteiger partial charge is 0.493 e. The molecule has 2 N–H and O–H groups in total. The van der Waals surface area contributed by atoms with Gasteiger partial charge in [-0.3, -0.25) is 4.79 Å². The first-order valence-corrected chi connectivity index (χ1v) is 7.49. The fourth-order valence-corrected chi connectivity index (χ4v) is 2.59. The molecular weight excluding hydrogens is 268 g/mol.